The number of aliphatic hydroxyl groups is 3. The van der Waals surface area contributed by atoms with E-state index in [-0.39, 0.29) is 45.8 Å². The smallest absolute Gasteiger partial charge is 0.330 e. The van der Waals surface area contributed by atoms with Crippen molar-refractivity contribution in [2.75, 3.05) is 27.9 Å². The maximum absolute atomic E-state index is 12.4. The molecule has 2 heterocycles. The second kappa shape index (κ2) is 14.1. The zero-order valence-corrected chi connectivity index (χ0v) is 25.5. The summed E-state index contributed by atoms with van der Waals surface area (Å²) in [4.78, 5) is 12.4. The third-order valence-corrected chi connectivity index (χ3v) is 7.54. The van der Waals surface area contributed by atoms with E-state index in [0.29, 0.717) is 16.9 Å². The van der Waals surface area contributed by atoms with E-state index < -0.39 is 49.4 Å². The third kappa shape index (κ3) is 7.15. The predicted octanol–water partition coefficient (Wildman–Crippen LogP) is 2.38. The van der Waals surface area contributed by atoms with Gasteiger partial charge < -0.3 is 63.8 Å². The summed E-state index contributed by atoms with van der Waals surface area (Å²) >= 11 is 0. The molecule has 1 unspecified atom stereocenters. The highest BCUT2D eigenvalue weighted by Gasteiger charge is 2.46. The number of carbonyl (C=O) groups excluding carboxylic acids is 1. The van der Waals surface area contributed by atoms with Crippen LogP contribution in [0.1, 0.15) is 22.8 Å². The molecule has 0 bridgehead atoms. The van der Waals surface area contributed by atoms with Gasteiger partial charge in [-0.25, -0.2) is 4.79 Å². The first-order chi connectivity index (χ1) is 22.5. The van der Waals surface area contributed by atoms with Crippen LogP contribution in [0.25, 0.3) is 12.2 Å². The molecule has 0 amide bonds. The summed E-state index contributed by atoms with van der Waals surface area (Å²) in [5.74, 6) is -0.610. The minimum Gasteiger partial charge on any atom is -0.508 e. The van der Waals surface area contributed by atoms with Gasteiger partial charge in [-0.3, -0.25) is 0 Å². The molecule has 1 fully saturated rings. The zero-order valence-electron chi connectivity index (χ0n) is 25.5. The third-order valence-electron chi connectivity index (χ3n) is 7.54. The lowest BCUT2D eigenvalue weighted by Gasteiger charge is -2.41. The van der Waals surface area contributed by atoms with Crippen molar-refractivity contribution in [2.45, 2.75) is 36.8 Å². The van der Waals surface area contributed by atoms with E-state index >= 15 is 0 Å². The number of hydrogen-bond donors (Lipinski definition) is 6. The lowest BCUT2D eigenvalue weighted by molar-refractivity contribution is -0.294. The average molecular weight is 655 g/mol. The Kier molecular flexibility index (Phi) is 9.96. The summed E-state index contributed by atoms with van der Waals surface area (Å²) in [6.07, 6.45) is -5.25. The van der Waals surface area contributed by atoms with Gasteiger partial charge in [-0.15, -0.1) is 0 Å². The van der Waals surface area contributed by atoms with E-state index in [9.17, 15) is 35.4 Å². The first-order valence-electron chi connectivity index (χ1n) is 14.3. The first kappa shape index (κ1) is 33.2. The summed E-state index contributed by atoms with van der Waals surface area (Å²) in [5.41, 5.74) is 1.17. The van der Waals surface area contributed by atoms with Crippen molar-refractivity contribution >= 4 is 18.1 Å². The number of benzene rings is 3. The molecule has 0 aliphatic carbocycles. The Hall–Kier alpha value is -5.15. The van der Waals surface area contributed by atoms with Gasteiger partial charge in [0.05, 0.1) is 26.9 Å². The van der Waals surface area contributed by atoms with Gasteiger partial charge in [-0.2, -0.15) is 0 Å². The molecule has 6 N–H and O–H groups in total. The lowest BCUT2D eigenvalue weighted by Crippen LogP contribution is -2.59. The summed E-state index contributed by atoms with van der Waals surface area (Å²) in [5, 5.41) is 62.7. The van der Waals surface area contributed by atoms with Gasteiger partial charge in [-0.05, 0) is 42.0 Å². The average Bonchev–Trinajstić information content (AvgIpc) is 3.07. The molecule has 250 valence electrons. The molecular weight excluding hydrogens is 620 g/mol. The SMILES string of the molecule is COc1cc(O)c2c(c1)OC(c1cc(OC)c(O)c(OC)c1)C(O[C@@H]1O[C@H](COC(=O)/C=C/c3ccc(O)cc3)[C@@H](O)[C@H](O)[C@H]1O)=C2. The topological polar surface area (TPSA) is 203 Å². The van der Waals surface area contributed by atoms with Crippen LogP contribution in [0, 0.1) is 0 Å². The fourth-order valence-corrected chi connectivity index (χ4v) is 4.99. The van der Waals surface area contributed by atoms with E-state index in [2.05, 4.69) is 0 Å². The molecule has 5 rings (SSSR count). The Morgan fingerprint density at radius 3 is 2.19 bits per heavy atom. The Morgan fingerprint density at radius 1 is 0.872 bits per heavy atom. The summed E-state index contributed by atoms with van der Waals surface area (Å²) in [6.45, 7) is -0.516. The van der Waals surface area contributed by atoms with Crippen molar-refractivity contribution in [1.29, 1.82) is 0 Å². The van der Waals surface area contributed by atoms with Crippen LogP contribution >= 0.6 is 0 Å². The van der Waals surface area contributed by atoms with Crippen molar-refractivity contribution in [3.63, 3.8) is 0 Å². The van der Waals surface area contributed by atoms with Crippen LogP contribution in [0.3, 0.4) is 0 Å². The molecule has 14 nitrogen and oxygen atoms in total. The zero-order chi connectivity index (χ0) is 33.8. The molecule has 0 radical (unpaired) electrons. The van der Waals surface area contributed by atoms with Gasteiger partial charge in [0.15, 0.2) is 17.6 Å². The summed E-state index contributed by atoms with van der Waals surface area (Å²) < 4.78 is 39.1. The Bertz CT molecular complexity index is 1620. The molecule has 1 saturated heterocycles. The summed E-state index contributed by atoms with van der Waals surface area (Å²) in [6, 6.07) is 11.9. The number of carbonyl (C=O) groups is 1. The number of esters is 1. The number of fused-ring (bicyclic) bond motifs is 1. The maximum atomic E-state index is 12.4. The molecule has 0 saturated carbocycles. The molecule has 2 aliphatic rings. The second-order valence-electron chi connectivity index (χ2n) is 10.6. The number of aromatic hydroxyl groups is 3. The van der Waals surface area contributed by atoms with Gasteiger partial charge in [0.2, 0.25) is 12.0 Å². The number of rotatable bonds is 10. The van der Waals surface area contributed by atoms with E-state index in [1.807, 2.05) is 0 Å². The van der Waals surface area contributed by atoms with Crippen LogP contribution in [0.5, 0.6) is 40.2 Å². The van der Waals surface area contributed by atoms with Crippen molar-refractivity contribution < 1.29 is 68.6 Å². The summed E-state index contributed by atoms with van der Waals surface area (Å²) in [7, 11) is 4.11. The standard InChI is InChI=1S/C33H34O14/c1-41-19-12-21(35)20-14-25(32(45-22(20)13-19)17-10-23(42-2)28(37)24(11-17)43-3)46-33-31(40)30(39)29(38)26(47-33)15-44-27(36)9-6-16-4-7-18(34)8-5-16/h4-14,26,29-35,37-40H,15H2,1-3H3/b9-6+/t26-,29-,30+,31-,32?,33-/m1/s1. The normalized spacial score (nSPS) is 23.7. The van der Waals surface area contributed by atoms with Gasteiger partial charge in [-0.1, -0.05) is 12.1 Å². The monoisotopic (exact) mass is 654 g/mol. The number of aliphatic hydroxyl groups excluding tert-OH is 3. The molecule has 2 aliphatic heterocycles. The van der Waals surface area contributed by atoms with Crippen LogP contribution in [0.4, 0.5) is 0 Å². The van der Waals surface area contributed by atoms with Gasteiger partial charge >= 0.3 is 5.97 Å². The molecule has 47 heavy (non-hydrogen) atoms. The molecule has 14 heteroatoms. The molecule has 3 aromatic rings. The van der Waals surface area contributed by atoms with Crippen LogP contribution < -0.4 is 18.9 Å². The van der Waals surface area contributed by atoms with E-state index in [4.69, 9.17) is 33.2 Å². The molecule has 0 spiro atoms. The minimum atomic E-state index is -1.78. The van der Waals surface area contributed by atoms with Gasteiger partial charge in [0.1, 0.15) is 59.8 Å². The maximum Gasteiger partial charge on any atom is 0.330 e. The quantitative estimate of drug-likeness (QED) is 0.137. The Balaban J connectivity index is 1.41. The highest BCUT2D eigenvalue weighted by molar-refractivity contribution is 5.87. The number of phenolic OH excluding ortho intramolecular Hbond substituents is 3. The number of phenols is 3. The minimum absolute atomic E-state index is 0.0204. The highest BCUT2D eigenvalue weighted by Crippen LogP contribution is 2.47. The van der Waals surface area contributed by atoms with E-state index in [1.165, 1.54) is 69.9 Å². The van der Waals surface area contributed by atoms with Gasteiger partial charge in [0, 0.05) is 23.8 Å². The molecule has 0 aromatic heterocycles. The van der Waals surface area contributed by atoms with E-state index in [1.54, 1.807) is 12.1 Å². The van der Waals surface area contributed by atoms with Crippen molar-refractivity contribution in [3.05, 3.63) is 77.1 Å². The number of hydrogen-bond acceptors (Lipinski definition) is 14. The predicted molar refractivity (Wildman–Crippen MR) is 163 cm³/mol. The van der Waals surface area contributed by atoms with E-state index in [0.717, 1.165) is 6.08 Å². The second-order valence-corrected chi connectivity index (χ2v) is 10.6. The Morgan fingerprint density at radius 2 is 1.55 bits per heavy atom. The fraction of sp³-hybridized carbons (Fsp3) is 0.303. The highest BCUT2D eigenvalue weighted by atomic mass is 16.7. The van der Waals surface area contributed by atoms with Crippen LogP contribution in [0.2, 0.25) is 0 Å². The van der Waals surface area contributed by atoms with Crippen LogP contribution in [-0.2, 0) is 19.0 Å². The lowest BCUT2D eigenvalue weighted by atomic mass is 9.98. The molecule has 6 atom stereocenters. The largest absolute Gasteiger partial charge is 0.508 e. The van der Waals surface area contributed by atoms with Crippen LogP contribution in [-0.4, -0.2) is 95.3 Å². The van der Waals surface area contributed by atoms with Gasteiger partial charge in [0.25, 0.3) is 0 Å². The number of ether oxygens (including phenoxy) is 7. The Labute approximate surface area is 268 Å². The van der Waals surface area contributed by atoms with Crippen molar-refractivity contribution in [3.8, 4) is 40.2 Å². The molecule has 3 aromatic carbocycles. The first-order valence-corrected chi connectivity index (χ1v) is 14.3. The van der Waals surface area contributed by atoms with Crippen molar-refractivity contribution in [1.82, 2.24) is 0 Å². The number of methoxy groups -OCH3 is 3. The fourth-order valence-electron chi connectivity index (χ4n) is 4.99. The van der Waals surface area contributed by atoms with Crippen molar-refractivity contribution in [2.24, 2.45) is 0 Å². The molecular formula is C33H34O14. The van der Waals surface area contributed by atoms with Crippen LogP contribution in [0.15, 0.2) is 60.4 Å².